The molecule has 0 aromatic heterocycles. The molecule has 1 aliphatic rings. The van der Waals surface area contributed by atoms with E-state index in [9.17, 15) is 14.9 Å². The van der Waals surface area contributed by atoms with Crippen LogP contribution in [0.5, 0.6) is 11.5 Å². The average molecular weight is 421 g/mol. The minimum atomic E-state index is -1.06. The molecule has 1 heterocycles. The number of nitrogens with one attached hydrogen (secondary N) is 1. The zero-order chi connectivity index (χ0) is 22.4. The molecule has 0 aliphatic carbocycles. The highest BCUT2D eigenvalue weighted by Crippen LogP contribution is 2.32. The zero-order valence-corrected chi connectivity index (χ0v) is 17.5. The van der Waals surface area contributed by atoms with Crippen LogP contribution in [0.15, 0.2) is 48.0 Å². The largest absolute Gasteiger partial charge is 0.454 e. The molecule has 8 heteroatoms. The first-order valence-electron chi connectivity index (χ1n) is 9.64. The summed E-state index contributed by atoms with van der Waals surface area (Å²) in [6.07, 6.45) is 0.369. The average Bonchev–Trinajstić information content (AvgIpc) is 3.23. The summed E-state index contributed by atoms with van der Waals surface area (Å²) in [6.45, 7) is 1.86. The quantitative estimate of drug-likeness (QED) is 0.417. The standard InChI is InChI=1S/C23H23N3O5/c1-15(22(27)25-13-17-6-9-20-21(11-17)30-14-29-20)31-23(28)18(12-24)10-16-4-7-19(8-5-16)26(2)3/h4-11,15H,13-14H2,1-3H3,(H,25,27)/b18-10+/t15-/m1/s1. The Morgan fingerprint density at radius 3 is 2.58 bits per heavy atom. The van der Waals surface area contributed by atoms with Crippen molar-refractivity contribution in [2.24, 2.45) is 0 Å². The first-order valence-corrected chi connectivity index (χ1v) is 9.64. The zero-order valence-electron chi connectivity index (χ0n) is 17.5. The van der Waals surface area contributed by atoms with Crippen molar-refractivity contribution in [2.75, 3.05) is 25.8 Å². The number of rotatable bonds is 7. The molecular formula is C23H23N3O5. The van der Waals surface area contributed by atoms with Crippen LogP contribution in [0.1, 0.15) is 18.1 Å². The van der Waals surface area contributed by atoms with Gasteiger partial charge in [0, 0.05) is 26.3 Å². The minimum Gasteiger partial charge on any atom is -0.454 e. The van der Waals surface area contributed by atoms with Crippen molar-refractivity contribution in [3.05, 3.63) is 59.2 Å². The summed E-state index contributed by atoms with van der Waals surface area (Å²) in [6, 6.07) is 14.5. The Bertz CT molecular complexity index is 1040. The number of hydrogen-bond acceptors (Lipinski definition) is 7. The predicted molar refractivity (Wildman–Crippen MR) is 114 cm³/mol. The second-order valence-electron chi connectivity index (χ2n) is 7.11. The van der Waals surface area contributed by atoms with Crippen LogP contribution in [0.4, 0.5) is 5.69 Å². The Balaban J connectivity index is 1.56. The van der Waals surface area contributed by atoms with Gasteiger partial charge in [0.1, 0.15) is 11.6 Å². The molecule has 2 aromatic carbocycles. The molecule has 1 N–H and O–H groups in total. The lowest BCUT2D eigenvalue weighted by Crippen LogP contribution is -2.35. The van der Waals surface area contributed by atoms with Gasteiger partial charge in [0.05, 0.1) is 0 Å². The molecule has 31 heavy (non-hydrogen) atoms. The van der Waals surface area contributed by atoms with Crippen LogP contribution in [0.2, 0.25) is 0 Å². The number of hydrogen-bond donors (Lipinski definition) is 1. The first-order chi connectivity index (χ1) is 14.9. The van der Waals surface area contributed by atoms with Crippen molar-refractivity contribution >= 4 is 23.6 Å². The van der Waals surface area contributed by atoms with Gasteiger partial charge in [-0.05, 0) is 48.4 Å². The predicted octanol–water partition coefficient (Wildman–Crippen LogP) is 2.64. The van der Waals surface area contributed by atoms with E-state index in [1.54, 1.807) is 24.3 Å². The summed E-state index contributed by atoms with van der Waals surface area (Å²) in [5.74, 6) is -0.0539. The Hall–Kier alpha value is -3.99. The topological polar surface area (TPSA) is 101 Å². The second kappa shape index (κ2) is 9.67. The van der Waals surface area contributed by atoms with Crippen molar-refractivity contribution in [1.82, 2.24) is 5.32 Å². The number of carbonyl (C=O) groups is 2. The number of ether oxygens (including phenoxy) is 3. The van der Waals surface area contributed by atoms with Crippen LogP contribution in [0, 0.1) is 11.3 Å². The van der Waals surface area contributed by atoms with E-state index < -0.39 is 18.0 Å². The van der Waals surface area contributed by atoms with Gasteiger partial charge in [-0.2, -0.15) is 5.26 Å². The maximum absolute atomic E-state index is 12.3. The molecule has 0 saturated heterocycles. The summed E-state index contributed by atoms with van der Waals surface area (Å²) >= 11 is 0. The second-order valence-corrected chi connectivity index (χ2v) is 7.11. The molecule has 1 atom stereocenters. The fourth-order valence-corrected chi connectivity index (χ4v) is 2.83. The van der Waals surface area contributed by atoms with Gasteiger partial charge in [0.2, 0.25) is 6.79 Å². The van der Waals surface area contributed by atoms with Gasteiger partial charge in [-0.1, -0.05) is 18.2 Å². The lowest BCUT2D eigenvalue weighted by molar-refractivity contribution is -0.150. The number of nitrogens with zero attached hydrogens (tertiary/aromatic N) is 2. The summed E-state index contributed by atoms with van der Waals surface area (Å²) in [4.78, 5) is 26.6. The number of anilines is 1. The molecule has 1 aliphatic heterocycles. The fraction of sp³-hybridized carbons (Fsp3) is 0.261. The van der Waals surface area contributed by atoms with Crippen LogP contribution in [0.25, 0.3) is 6.08 Å². The maximum atomic E-state index is 12.3. The van der Waals surface area contributed by atoms with Gasteiger partial charge in [0.15, 0.2) is 17.6 Å². The van der Waals surface area contributed by atoms with Gasteiger partial charge < -0.3 is 24.4 Å². The van der Waals surface area contributed by atoms with Crippen molar-refractivity contribution in [1.29, 1.82) is 5.26 Å². The number of fused-ring (bicyclic) bond motifs is 1. The molecular weight excluding hydrogens is 398 g/mol. The Morgan fingerprint density at radius 2 is 1.90 bits per heavy atom. The Labute approximate surface area is 180 Å². The summed E-state index contributed by atoms with van der Waals surface area (Å²) in [5.41, 5.74) is 2.30. The third-order valence-corrected chi connectivity index (χ3v) is 4.62. The molecule has 0 unspecified atom stereocenters. The number of carbonyl (C=O) groups excluding carboxylic acids is 2. The summed E-state index contributed by atoms with van der Waals surface area (Å²) in [7, 11) is 3.84. The van der Waals surface area contributed by atoms with Gasteiger partial charge in [-0.3, -0.25) is 4.79 Å². The summed E-state index contributed by atoms with van der Waals surface area (Å²) in [5, 5.41) is 12.0. The van der Waals surface area contributed by atoms with E-state index >= 15 is 0 Å². The fourth-order valence-electron chi connectivity index (χ4n) is 2.83. The lowest BCUT2D eigenvalue weighted by atomic mass is 10.1. The maximum Gasteiger partial charge on any atom is 0.349 e. The van der Waals surface area contributed by atoms with E-state index in [2.05, 4.69) is 5.32 Å². The highest BCUT2D eigenvalue weighted by Gasteiger charge is 2.21. The van der Waals surface area contributed by atoms with E-state index in [4.69, 9.17) is 14.2 Å². The number of benzene rings is 2. The SMILES string of the molecule is C[C@@H](OC(=O)/C(C#N)=C/c1ccc(N(C)C)cc1)C(=O)NCc1ccc2c(c1)OCO2. The molecule has 0 saturated carbocycles. The molecule has 2 aromatic rings. The minimum absolute atomic E-state index is 0.173. The smallest absolute Gasteiger partial charge is 0.349 e. The van der Waals surface area contributed by atoms with Crippen molar-refractivity contribution in [3.8, 4) is 17.6 Å². The van der Waals surface area contributed by atoms with Crippen LogP contribution < -0.4 is 19.7 Å². The molecule has 0 fully saturated rings. The highest BCUT2D eigenvalue weighted by atomic mass is 16.7. The lowest BCUT2D eigenvalue weighted by Gasteiger charge is -2.14. The van der Waals surface area contributed by atoms with E-state index in [0.29, 0.717) is 17.1 Å². The Morgan fingerprint density at radius 1 is 1.19 bits per heavy atom. The molecule has 1 amide bonds. The number of nitriles is 1. The van der Waals surface area contributed by atoms with E-state index in [1.807, 2.05) is 43.3 Å². The Kier molecular flexibility index (Phi) is 6.78. The normalized spacial score (nSPS) is 13.2. The highest BCUT2D eigenvalue weighted by molar-refractivity contribution is 5.99. The van der Waals surface area contributed by atoms with Gasteiger partial charge in [-0.15, -0.1) is 0 Å². The van der Waals surface area contributed by atoms with E-state index in [0.717, 1.165) is 11.3 Å². The molecule has 3 rings (SSSR count). The van der Waals surface area contributed by atoms with Crippen molar-refractivity contribution in [3.63, 3.8) is 0 Å². The van der Waals surface area contributed by atoms with Gasteiger partial charge in [0.25, 0.3) is 5.91 Å². The van der Waals surface area contributed by atoms with Crippen LogP contribution in [-0.2, 0) is 20.9 Å². The van der Waals surface area contributed by atoms with Crippen molar-refractivity contribution < 1.29 is 23.8 Å². The van der Waals surface area contributed by atoms with Crippen molar-refractivity contribution in [2.45, 2.75) is 19.6 Å². The van der Waals surface area contributed by atoms with Crippen LogP contribution in [0.3, 0.4) is 0 Å². The van der Waals surface area contributed by atoms with Gasteiger partial charge in [-0.25, -0.2) is 4.79 Å². The van der Waals surface area contributed by atoms with Crippen LogP contribution >= 0.6 is 0 Å². The first kappa shape index (κ1) is 21.7. The van der Waals surface area contributed by atoms with Gasteiger partial charge >= 0.3 is 5.97 Å². The molecule has 0 spiro atoms. The number of amides is 1. The molecule has 8 nitrogen and oxygen atoms in total. The summed E-state index contributed by atoms with van der Waals surface area (Å²) < 4.78 is 15.7. The van der Waals surface area contributed by atoms with Crippen LogP contribution in [-0.4, -0.2) is 38.9 Å². The third-order valence-electron chi connectivity index (χ3n) is 4.62. The molecule has 0 bridgehead atoms. The molecule has 0 radical (unpaired) electrons. The van der Waals surface area contributed by atoms with E-state index in [-0.39, 0.29) is 18.9 Å². The third kappa shape index (κ3) is 5.54. The number of esters is 1. The van der Waals surface area contributed by atoms with E-state index in [1.165, 1.54) is 13.0 Å². The molecule has 160 valence electrons. The monoisotopic (exact) mass is 421 g/mol.